The van der Waals surface area contributed by atoms with E-state index < -0.39 is 12.5 Å². The number of hydrogen-bond donors (Lipinski definition) is 2. The van der Waals surface area contributed by atoms with Crippen molar-refractivity contribution >= 4 is 0 Å². The van der Waals surface area contributed by atoms with Crippen molar-refractivity contribution in [2.45, 2.75) is 19.1 Å². The molecule has 0 saturated heterocycles. The van der Waals surface area contributed by atoms with E-state index in [-0.39, 0.29) is 18.9 Å². The molecule has 1 unspecified atom stereocenters. The molecule has 1 aromatic rings. The maximum Gasteiger partial charge on any atom is 0.265 e. The van der Waals surface area contributed by atoms with Crippen LogP contribution in [0.5, 0.6) is 0 Å². The first-order valence-corrected chi connectivity index (χ1v) is 4.51. The predicted octanol–water partition coefficient (Wildman–Crippen LogP) is 1.54. The second-order valence-corrected chi connectivity index (χ2v) is 3.16. The lowest BCUT2D eigenvalue weighted by molar-refractivity contribution is -0.00341. The summed E-state index contributed by atoms with van der Waals surface area (Å²) in [6.45, 7) is 0.0374. The lowest BCUT2D eigenvalue weighted by Gasteiger charge is -2.10. The zero-order chi connectivity index (χ0) is 11.3. The third-order valence-electron chi connectivity index (χ3n) is 1.86. The average Bonchev–Trinajstić information content (AvgIpc) is 2.17. The number of benzene rings is 1. The summed E-state index contributed by atoms with van der Waals surface area (Å²) in [5, 5.41) is 11.4. The SMILES string of the molecule is OC(CNCc1cccc(F)c1)C(F)F. The molecule has 1 atom stereocenters. The van der Waals surface area contributed by atoms with Crippen molar-refractivity contribution in [2.24, 2.45) is 0 Å². The molecule has 1 aromatic carbocycles. The molecule has 0 aliphatic heterocycles. The molecule has 1 rings (SSSR count). The molecule has 0 bridgehead atoms. The molecule has 5 heteroatoms. The Kier molecular flexibility index (Phi) is 4.58. The summed E-state index contributed by atoms with van der Waals surface area (Å²) in [6, 6.07) is 5.82. The highest BCUT2D eigenvalue weighted by Gasteiger charge is 2.15. The predicted molar refractivity (Wildman–Crippen MR) is 50.1 cm³/mol. The second kappa shape index (κ2) is 5.72. The molecule has 0 fully saturated rings. The summed E-state index contributed by atoms with van der Waals surface area (Å²) in [5.74, 6) is -0.372. The molecule has 0 spiro atoms. The van der Waals surface area contributed by atoms with Crippen LogP contribution >= 0.6 is 0 Å². The molecule has 2 nitrogen and oxygen atoms in total. The Morgan fingerprint density at radius 3 is 2.67 bits per heavy atom. The summed E-state index contributed by atoms with van der Waals surface area (Å²) < 4.78 is 36.4. The molecule has 0 aliphatic carbocycles. The van der Waals surface area contributed by atoms with Gasteiger partial charge in [0, 0.05) is 13.1 Å². The van der Waals surface area contributed by atoms with Crippen LogP contribution in [0.3, 0.4) is 0 Å². The van der Waals surface area contributed by atoms with Gasteiger partial charge < -0.3 is 10.4 Å². The van der Waals surface area contributed by atoms with Crippen molar-refractivity contribution in [1.82, 2.24) is 5.32 Å². The van der Waals surface area contributed by atoms with Crippen LogP contribution in [0.25, 0.3) is 0 Å². The Morgan fingerprint density at radius 1 is 1.33 bits per heavy atom. The van der Waals surface area contributed by atoms with E-state index in [1.54, 1.807) is 6.07 Å². The quantitative estimate of drug-likeness (QED) is 0.787. The molecule has 0 aliphatic rings. The van der Waals surface area contributed by atoms with Crippen LogP contribution in [-0.4, -0.2) is 24.2 Å². The van der Waals surface area contributed by atoms with Gasteiger partial charge in [0.15, 0.2) is 0 Å². The van der Waals surface area contributed by atoms with Crippen LogP contribution in [0, 0.1) is 5.82 Å². The Labute approximate surface area is 85.7 Å². The number of alkyl halides is 2. The minimum absolute atomic E-state index is 0.214. The van der Waals surface area contributed by atoms with E-state index in [0.29, 0.717) is 5.56 Å². The van der Waals surface area contributed by atoms with Crippen molar-refractivity contribution in [3.8, 4) is 0 Å². The largest absolute Gasteiger partial charge is 0.386 e. The molecule has 0 saturated carbocycles. The third kappa shape index (κ3) is 4.31. The van der Waals surface area contributed by atoms with Crippen LogP contribution in [0.4, 0.5) is 13.2 Å². The fourth-order valence-corrected chi connectivity index (χ4v) is 1.10. The molecule has 2 N–H and O–H groups in total. The zero-order valence-electron chi connectivity index (χ0n) is 7.96. The van der Waals surface area contributed by atoms with Crippen LogP contribution in [0.2, 0.25) is 0 Å². The fraction of sp³-hybridized carbons (Fsp3) is 0.400. The minimum Gasteiger partial charge on any atom is -0.386 e. The van der Waals surface area contributed by atoms with Crippen LogP contribution in [0.15, 0.2) is 24.3 Å². The number of aliphatic hydroxyl groups is 1. The summed E-state index contributed by atoms with van der Waals surface area (Å²) >= 11 is 0. The molecule has 15 heavy (non-hydrogen) atoms. The number of aliphatic hydroxyl groups excluding tert-OH is 1. The summed E-state index contributed by atoms with van der Waals surface area (Å²) in [4.78, 5) is 0. The monoisotopic (exact) mass is 219 g/mol. The van der Waals surface area contributed by atoms with Crippen molar-refractivity contribution in [1.29, 1.82) is 0 Å². The molecular formula is C10H12F3NO. The Morgan fingerprint density at radius 2 is 2.07 bits per heavy atom. The molecule has 0 radical (unpaired) electrons. The van der Waals surface area contributed by atoms with Gasteiger partial charge in [0.1, 0.15) is 11.9 Å². The zero-order valence-corrected chi connectivity index (χ0v) is 7.96. The number of nitrogens with one attached hydrogen (secondary N) is 1. The molecule has 84 valence electrons. The normalized spacial score (nSPS) is 13.1. The smallest absolute Gasteiger partial charge is 0.265 e. The Hall–Kier alpha value is -1.07. The first kappa shape index (κ1) is 12.0. The maximum absolute atomic E-state index is 12.7. The van der Waals surface area contributed by atoms with Crippen molar-refractivity contribution in [3.05, 3.63) is 35.6 Å². The molecule has 0 aromatic heterocycles. The lowest BCUT2D eigenvalue weighted by atomic mass is 10.2. The average molecular weight is 219 g/mol. The van der Waals surface area contributed by atoms with Gasteiger partial charge in [0.2, 0.25) is 0 Å². The van der Waals surface area contributed by atoms with E-state index in [4.69, 9.17) is 5.11 Å². The molecule has 0 heterocycles. The van der Waals surface area contributed by atoms with Gasteiger partial charge in [-0.15, -0.1) is 0 Å². The van der Waals surface area contributed by atoms with Crippen molar-refractivity contribution in [3.63, 3.8) is 0 Å². The van der Waals surface area contributed by atoms with Gasteiger partial charge in [0.25, 0.3) is 6.43 Å². The van der Waals surface area contributed by atoms with Gasteiger partial charge >= 0.3 is 0 Å². The van der Waals surface area contributed by atoms with Gasteiger partial charge in [-0.3, -0.25) is 0 Å². The van der Waals surface area contributed by atoms with E-state index in [2.05, 4.69) is 5.32 Å². The van der Waals surface area contributed by atoms with Crippen molar-refractivity contribution < 1.29 is 18.3 Å². The lowest BCUT2D eigenvalue weighted by Crippen LogP contribution is -2.31. The topological polar surface area (TPSA) is 32.3 Å². The van der Waals surface area contributed by atoms with Gasteiger partial charge in [-0.1, -0.05) is 12.1 Å². The number of halogens is 3. The fourth-order valence-electron chi connectivity index (χ4n) is 1.10. The van der Waals surface area contributed by atoms with Gasteiger partial charge in [0.05, 0.1) is 0 Å². The standard InChI is InChI=1S/C10H12F3NO/c11-8-3-1-2-7(4-8)5-14-6-9(15)10(12)13/h1-4,9-10,14-15H,5-6H2. The summed E-state index contributed by atoms with van der Waals surface area (Å²) in [7, 11) is 0. The van der Waals surface area contributed by atoms with Crippen molar-refractivity contribution in [2.75, 3.05) is 6.54 Å². The second-order valence-electron chi connectivity index (χ2n) is 3.16. The third-order valence-corrected chi connectivity index (χ3v) is 1.86. The van der Waals surface area contributed by atoms with Gasteiger partial charge in [-0.05, 0) is 17.7 Å². The number of rotatable bonds is 5. The maximum atomic E-state index is 12.7. The van der Waals surface area contributed by atoms with E-state index in [9.17, 15) is 13.2 Å². The summed E-state index contributed by atoms with van der Waals surface area (Å²) in [5.41, 5.74) is 0.650. The van der Waals surface area contributed by atoms with Gasteiger partial charge in [-0.25, -0.2) is 13.2 Å². The molecule has 0 amide bonds. The van der Waals surface area contributed by atoms with E-state index in [0.717, 1.165) is 0 Å². The first-order chi connectivity index (χ1) is 7.09. The highest BCUT2D eigenvalue weighted by molar-refractivity contribution is 5.15. The van der Waals surface area contributed by atoms with Crippen LogP contribution in [0.1, 0.15) is 5.56 Å². The highest BCUT2D eigenvalue weighted by atomic mass is 19.3. The Balaban J connectivity index is 2.32. The van der Waals surface area contributed by atoms with E-state index in [1.807, 2.05) is 0 Å². The molecular weight excluding hydrogens is 207 g/mol. The van der Waals surface area contributed by atoms with E-state index >= 15 is 0 Å². The Bertz CT molecular complexity index is 306. The van der Waals surface area contributed by atoms with Gasteiger partial charge in [-0.2, -0.15) is 0 Å². The van der Waals surface area contributed by atoms with E-state index in [1.165, 1.54) is 18.2 Å². The minimum atomic E-state index is -2.76. The van der Waals surface area contributed by atoms with Crippen LogP contribution in [-0.2, 0) is 6.54 Å². The first-order valence-electron chi connectivity index (χ1n) is 4.51. The van der Waals surface area contributed by atoms with Crippen LogP contribution < -0.4 is 5.32 Å². The summed E-state index contributed by atoms with van der Waals surface area (Å²) in [6.07, 6.45) is -4.44. The number of hydrogen-bond acceptors (Lipinski definition) is 2. The highest BCUT2D eigenvalue weighted by Crippen LogP contribution is 2.03.